The molecule has 0 bridgehead atoms. The summed E-state index contributed by atoms with van der Waals surface area (Å²) in [7, 11) is 1.86. The predicted octanol–water partition coefficient (Wildman–Crippen LogP) is 0.929. The Hall–Kier alpha value is -1.88. The molecule has 1 aromatic rings. The zero-order valence-electron chi connectivity index (χ0n) is 15.6. The molecule has 134 valence electrons. The van der Waals surface area contributed by atoms with Gasteiger partial charge in [-0.2, -0.15) is 0 Å². The lowest BCUT2D eigenvalue weighted by atomic mass is 9.97. The van der Waals surface area contributed by atoms with Gasteiger partial charge in [-0.3, -0.25) is 9.59 Å². The van der Waals surface area contributed by atoms with Crippen LogP contribution in [0.5, 0.6) is 0 Å². The summed E-state index contributed by atoms with van der Waals surface area (Å²) in [6.45, 7) is 8.73. The molecule has 0 heterocycles. The fourth-order valence-electron chi connectivity index (χ4n) is 2.66. The standard InChI is InChI=1S/C19H31N3O2/c1-14(2)11-17(16-9-7-6-8-10-16)21-19(24)13-22(5)12-18(23)20-15(3)4/h6-10,14-15,17H,11-13H2,1-5H3,(H,20,23)(H,21,24)/p+1/t17-/m0/s1. The minimum absolute atomic E-state index is 0.0102. The third-order valence-corrected chi connectivity index (χ3v) is 3.62. The summed E-state index contributed by atoms with van der Waals surface area (Å²) >= 11 is 0. The van der Waals surface area contributed by atoms with E-state index in [0.717, 1.165) is 16.9 Å². The van der Waals surface area contributed by atoms with Gasteiger partial charge in [-0.05, 0) is 31.7 Å². The maximum atomic E-state index is 12.4. The Labute approximate surface area is 145 Å². The van der Waals surface area contributed by atoms with Crippen LogP contribution in [0.3, 0.4) is 0 Å². The summed E-state index contributed by atoms with van der Waals surface area (Å²) in [6.07, 6.45) is 0.892. The third kappa shape index (κ3) is 8.11. The lowest BCUT2D eigenvalue weighted by Gasteiger charge is -2.22. The van der Waals surface area contributed by atoms with Crippen LogP contribution in [0.15, 0.2) is 30.3 Å². The first-order valence-corrected chi connectivity index (χ1v) is 8.73. The molecule has 0 aliphatic rings. The van der Waals surface area contributed by atoms with Crippen LogP contribution in [0.25, 0.3) is 0 Å². The van der Waals surface area contributed by atoms with E-state index in [4.69, 9.17) is 0 Å². The van der Waals surface area contributed by atoms with E-state index >= 15 is 0 Å². The first-order valence-electron chi connectivity index (χ1n) is 8.73. The van der Waals surface area contributed by atoms with Gasteiger partial charge in [0.25, 0.3) is 11.8 Å². The highest BCUT2D eigenvalue weighted by Crippen LogP contribution is 2.20. The summed E-state index contributed by atoms with van der Waals surface area (Å²) < 4.78 is 0. The summed E-state index contributed by atoms with van der Waals surface area (Å²) in [4.78, 5) is 25.0. The molecule has 0 aliphatic heterocycles. The number of nitrogens with one attached hydrogen (secondary N) is 3. The van der Waals surface area contributed by atoms with E-state index in [2.05, 4.69) is 24.5 Å². The van der Waals surface area contributed by atoms with Crippen molar-refractivity contribution >= 4 is 11.8 Å². The molecule has 24 heavy (non-hydrogen) atoms. The van der Waals surface area contributed by atoms with E-state index in [-0.39, 0.29) is 30.4 Å². The average molecular weight is 334 g/mol. The molecular weight excluding hydrogens is 302 g/mol. The lowest BCUT2D eigenvalue weighted by molar-refractivity contribution is -0.862. The highest BCUT2D eigenvalue weighted by atomic mass is 16.2. The van der Waals surface area contributed by atoms with Crippen molar-refractivity contribution in [3.05, 3.63) is 35.9 Å². The molecule has 1 rings (SSSR count). The molecular formula is C19H32N3O2+. The quantitative estimate of drug-likeness (QED) is 0.629. The normalized spacial score (nSPS) is 13.6. The van der Waals surface area contributed by atoms with Crippen LogP contribution < -0.4 is 15.5 Å². The number of carbonyl (C=O) groups is 2. The zero-order valence-corrected chi connectivity index (χ0v) is 15.6. The van der Waals surface area contributed by atoms with Gasteiger partial charge in [0.1, 0.15) is 0 Å². The van der Waals surface area contributed by atoms with Crippen LogP contribution >= 0.6 is 0 Å². The topological polar surface area (TPSA) is 62.6 Å². The summed E-state index contributed by atoms with van der Waals surface area (Å²) in [5.41, 5.74) is 1.12. The van der Waals surface area contributed by atoms with Crippen LogP contribution in [0.2, 0.25) is 0 Å². The second-order valence-corrected chi connectivity index (χ2v) is 7.19. The Bertz CT molecular complexity index is 515. The number of hydrogen-bond donors (Lipinski definition) is 3. The van der Waals surface area contributed by atoms with E-state index in [9.17, 15) is 9.59 Å². The Balaban J connectivity index is 2.57. The molecule has 3 N–H and O–H groups in total. The highest BCUT2D eigenvalue weighted by Gasteiger charge is 2.19. The molecule has 1 unspecified atom stereocenters. The van der Waals surface area contributed by atoms with Crippen molar-refractivity contribution in [3.63, 3.8) is 0 Å². The lowest BCUT2D eigenvalue weighted by Crippen LogP contribution is -3.11. The molecule has 0 radical (unpaired) electrons. The van der Waals surface area contributed by atoms with Crippen LogP contribution in [0.1, 0.15) is 45.7 Å². The Morgan fingerprint density at radius 2 is 1.50 bits per heavy atom. The van der Waals surface area contributed by atoms with E-state index in [1.807, 2.05) is 51.2 Å². The van der Waals surface area contributed by atoms with Crippen LogP contribution in [-0.4, -0.2) is 38.0 Å². The van der Waals surface area contributed by atoms with Gasteiger partial charge in [0, 0.05) is 6.04 Å². The molecule has 5 heteroatoms. The van der Waals surface area contributed by atoms with Gasteiger partial charge in [-0.1, -0.05) is 44.2 Å². The van der Waals surface area contributed by atoms with Crippen molar-refractivity contribution < 1.29 is 14.5 Å². The minimum atomic E-state index is -0.0305. The number of carbonyl (C=O) groups excluding carboxylic acids is 2. The fraction of sp³-hybridized carbons (Fsp3) is 0.579. The predicted molar refractivity (Wildman–Crippen MR) is 96.7 cm³/mol. The van der Waals surface area contributed by atoms with E-state index in [1.165, 1.54) is 0 Å². The van der Waals surface area contributed by atoms with E-state index in [0.29, 0.717) is 12.5 Å². The molecule has 1 aromatic carbocycles. The number of amides is 2. The molecule has 0 saturated carbocycles. The second-order valence-electron chi connectivity index (χ2n) is 7.19. The largest absolute Gasteiger partial charge is 0.349 e. The maximum Gasteiger partial charge on any atom is 0.275 e. The van der Waals surface area contributed by atoms with Gasteiger partial charge in [0.2, 0.25) is 0 Å². The monoisotopic (exact) mass is 334 g/mol. The van der Waals surface area contributed by atoms with Crippen molar-refractivity contribution in [2.45, 2.75) is 46.2 Å². The van der Waals surface area contributed by atoms with Crippen molar-refractivity contribution in [1.82, 2.24) is 10.6 Å². The third-order valence-electron chi connectivity index (χ3n) is 3.62. The van der Waals surface area contributed by atoms with Gasteiger partial charge in [0.15, 0.2) is 13.1 Å². The van der Waals surface area contributed by atoms with Gasteiger partial charge >= 0.3 is 0 Å². The SMILES string of the molecule is CC(C)C[C@H](NC(=O)C[NH+](C)CC(=O)NC(C)C)c1ccccc1. The molecule has 2 atom stereocenters. The van der Waals surface area contributed by atoms with Crippen LogP contribution in [0, 0.1) is 5.92 Å². The second kappa shape index (κ2) is 10.1. The first-order chi connectivity index (χ1) is 11.3. The first kappa shape index (κ1) is 20.2. The van der Waals surface area contributed by atoms with Gasteiger partial charge in [-0.15, -0.1) is 0 Å². The smallest absolute Gasteiger partial charge is 0.275 e. The van der Waals surface area contributed by atoms with E-state index in [1.54, 1.807) is 0 Å². The van der Waals surface area contributed by atoms with Crippen molar-refractivity contribution in [3.8, 4) is 0 Å². The summed E-state index contributed by atoms with van der Waals surface area (Å²) in [5, 5.41) is 5.97. The molecule has 0 fully saturated rings. The minimum Gasteiger partial charge on any atom is -0.349 e. The Morgan fingerprint density at radius 3 is 2.00 bits per heavy atom. The highest BCUT2D eigenvalue weighted by molar-refractivity contribution is 5.79. The van der Waals surface area contributed by atoms with Gasteiger partial charge in [0.05, 0.1) is 13.1 Å². The van der Waals surface area contributed by atoms with Crippen LogP contribution in [-0.2, 0) is 9.59 Å². The number of quaternary nitrogens is 1. The van der Waals surface area contributed by atoms with Crippen molar-refractivity contribution in [1.29, 1.82) is 0 Å². The average Bonchev–Trinajstić information content (AvgIpc) is 2.45. The Morgan fingerprint density at radius 1 is 0.958 bits per heavy atom. The fourth-order valence-corrected chi connectivity index (χ4v) is 2.66. The number of likely N-dealkylation sites (N-methyl/N-ethyl adjacent to an activating group) is 1. The maximum absolute atomic E-state index is 12.4. The summed E-state index contributed by atoms with van der Waals surface area (Å²) in [5.74, 6) is 0.425. The zero-order chi connectivity index (χ0) is 18.1. The van der Waals surface area contributed by atoms with E-state index < -0.39 is 0 Å². The number of rotatable bonds is 9. The number of hydrogen-bond acceptors (Lipinski definition) is 2. The number of benzene rings is 1. The molecule has 2 amide bonds. The van der Waals surface area contributed by atoms with Gasteiger partial charge in [-0.25, -0.2) is 0 Å². The Kier molecular flexibility index (Phi) is 8.47. The van der Waals surface area contributed by atoms with Gasteiger partial charge < -0.3 is 15.5 Å². The molecule has 0 spiro atoms. The molecule has 5 nitrogen and oxygen atoms in total. The summed E-state index contributed by atoms with van der Waals surface area (Å²) in [6, 6.07) is 10.2. The molecule has 0 aliphatic carbocycles. The van der Waals surface area contributed by atoms with Crippen molar-refractivity contribution in [2.24, 2.45) is 5.92 Å². The molecule has 0 aromatic heterocycles. The van der Waals surface area contributed by atoms with Crippen LogP contribution in [0.4, 0.5) is 0 Å². The van der Waals surface area contributed by atoms with Crippen molar-refractivity contribution in [2.75, 3.05) is 20.1 Å². The molecule has 0 saturated heterocycles.